The van der Waals surface area contributed by atoms with Gasteiger partial charge in [0, 0.05) is 25.1 Å². The molecule has 5 nitrogen and oxygen atoms in total. The number of hydrogen-bond donors (Lipinski definition) is 0. The van der Waals surface area contributed by atoms with Gasteiger partial charge in [0.1, 0.15) is 5.76 Å². The monoisotopic (exact) mass is 459 g/mol. The average Bonchev–Trinajstić information content (AvgIpc) is 2.92. The van der Waals surface area contributed by atoms with Crippen molar-refractivity contribution in [3.8, 4) is 0 Å². The van der Waals surface area contributed by atoms with E-state index in [0.717, 1.165) is 30.4 Å². The van der Waals surface area contributed by atoms with E-state index in [1.165, 1.54) is 6.08 Å². The lowest BCUT2D eigenvalue weighted by molar-refractivity contribution is -0.124. The Balaban J connectivity index is 1.66. The van der Waals surface area contributed by atoms with Gasteiger partial charge < -0.3 is 9.08 Å². The van der Waals surface area contributed by atoms with Crippen LogP contribution >= 0.6 is 0 Å². The van der Waals surface area contributed by atoms with Crippen LogP contribution < -0.4 is 0 Å². The summed E-state index contributed by atoms with van der Waals surface area (Å²) < 4.78 is 66.6. The molecule has 2 saturated carbocycles. The van der Waals surface area contributed by atoms with Gasteiger partial charge in [-0.3, -0.25) is 4.79 Å². The fraction of sp³-hybridized carbons (Fsp3) is 0.682. The van der Waals surface area contributed by atoms with Crippen molar-refractivity contribution in [1.82, 2.24) is 4.90 Å². The summed E-state index contributed by atoms with van der Waals surface area (Å²) in [6.45, 7) is 6.73. The number of halogens is 3. The Morgan fingerprint density at radius 3 is 2.48 bits per heavy atom. The normalized spacial score (nSPS) is 38.3. The molecule has 0 aromatic heterocycles. The fourth-order valence-electron chi connectivity index (χ4n) is 6.35. The SMILES string of the molecule is CC1C[C@H]2C3=CC=C(OS(=O)(=O)C(F)(F)F)[C@@]3(C)CC[C@@H]2[C@@]2(C)CCN(C)C(=O)C=C12. The Morgan fingerprint density at radius 2 is 1.84 bits per heavy atom. The first-order valence-electron chi connectivity index (χ1n) is 10.6. The van der Waals surface area contributed by atoms with Gasteiger partial charge in [-0.05, 0) is 61.9 Å². The maximum absolute atomic E-state index is 12.9. The summed E-state index contributed by atoms with van der Waals surface area (Å²) in [5.41, 5.74) is -4.41. The molecule has 0 aromatic rings. The van der Waals surface area contributed by atoms with Crippen molar-refractivity contribution in [2.45, 2.75) is 52.0 Å². The predicted octanol–water partition coefficient (Wildman–Crippen LogP) is 4.54. The maximum Gasteiger partial charge on any atom is 0.534 e. The standard InChI is InChI=1S/C22H28F3NO4S/c1-13-11-14-15-5-6-18(30-31(28,29)22(23,24)25)21(15,3)8-7-16(14)20(2)9-10-26(4)19(27)12-17(13)20/h5-6,12-14,16H,7-11H2,1-4H3/t13?,14-,16-,20+,21-/m0/s1. The first-order chi connectivity index (χ1) is 14.2. The highest BCUT2D eigenvalue weighted by Crippen LogP contribution is 2.64. The number of rotatable bonds is 2. The second-order valence-corrected chi connectivity index (χ2v) is 11.4. The summed E-state index contributed by atoms with van der Waals surface area (Å²) >= 11 is 0. The Labute approximate surface area is 181 Å². The van der Waals surface area contributed by atoms with Crippen molar-refractivity contribution in [1.29, 1.82) is 0 Å². The number of carbonyl (C=O) groups excluding carboxylic acids is 1. The van der Waals surface area contributed by atoms with E-state index in [1.54, 1.807) is 31.0 Å². The van der Waals surface area contributed by atoms with Gasteiger partial charge in [0.15, 0.2) is 0 Å². The highest BCUT2D eigenvalue weighted by molar-refractivity contribution is 7.87. The molecule has 0 aromatic carbocycles. The van der Waals surface area contributed by atoms with Crippen molar-refractivity contribution in [2.24, 2.45) is 28.6 Å². The third-order valence-corrected chi connectivity index (χ3v) is 9.12. The zero-order valence-electron chi connectivity index (χ0n) is 18.1. The van der Waals surface area contributed by atoms with Gasteiger partial charge in [0.25, 0.3) is 0 Å². The van der Waals surface area contributed by atoms with Gasteiger partial charge in [0.2, 0.25) is 5.91 Å². The molecule has 1 aliphatic heterocycles. The van der Waals surface area contributed by atoms with Crippen LogP contribution in [0.25, 0.3) is 0 Å². The molecule has 4 rings (SSSR count). The molecule has 1 amide bonds. The van der Waals surface area contributed by atoms with E-state index >= 15 is 0 Å². The van der Waals surface area contributed by atoms with Gasteiger partial charge in [0.05, 0.1) is 0 Å². The van der Waals surface area contributed by atoms with Crippen LogP contribution in [0.15, 0.2) is 35.1 Å². The van der Waals surface area contributed by atoms with Crippen LogP contribution in [0.3, 0.4) is 0 Å². The highest BCUT2D eigenvalue weighted by Gasteiger charge is 2.58. The van der Waals surface area contributed by atoms with Crippen molar-refractivity contribution in [3.63, 3.8) is 0 Å². The molecule has 3 aliphatic carbocycles. The van der Waals surface area contributed by atoms with Gasteiger partial charge >= 0.3 is 15.6 Å². The molecule has 0 spiro atoms. The number of likely N-dealkylation sites (N-methyl/N-ethyl adjacent to an activating group) is 1. The molecule has 1 unspecified atom stereocenters. The second-order valence-electron chi connectivity index (χ2n) is 9.88. The summed E-state index contributed by atoms with van der Waals surface area (Å²) in [6.07, 6.45) is 7.77. The van der Waals surface area contributed by atoms with Crippen LogP contribution in [0.4, 0.5) is 13.2 Å². The van der Waals surface area contributed by atoms with Crippen molar-refractivity contribution >= 4 is 16.0 Å². The molecular weight excluding hydrogens is 431 g/mol. The lowest BCUT2D eigenvalue weighted by atomic mass is 9.48. The number of alkyl halides is 3. The van der Waals surface area contributed by atoms with E-state index in [0.29, 0.717) is 13.0 Å². The van der Waals surface area contributed by atoms with E-state index in [4.69, 9.17) is 0 Å². The Morgan fingerprint density at radius 1 is 1.16 bits per heavy atom. The van der Waals surface area contributed by atoms with Crippen LogP contribution in [-0.2, 0) is 19.1 Å². The summed E-state index contributed by atoms with van der Waals surface area (Å²) in [5, 5.41) is 0. The van der Waals surface area contributed by atoms with E-state index in [1.807, 2.05) is 0 Å². The number of allylic oxidation sites excluding steroid dienone is 4. The molecule has 31 heavy (non-hydrogen) atoms. The zero-order chi connectivity index (χ0) is 23.0. The van der Waals surface area contributed by atoms with Gasteiger partial charge in [-0.1, -0.05) is 31.1 Å². The zero-order valence-corrected chi connectivity index (χ0v) is 18.9. The minimum atomic E-state index is -5.71. The van der Waals surface area contributed by atoms with Crippen LogP contribution in [0.1, 0.15) is 46.5 Å². The maximum atomic E-state index is 12.9. The fourth-order valence-corrected chi connectivity index (χ4v) is 6.92. The van der Waals surface area contributed by atoms with Gasteiger partial charge in [-0.25, -0.2) is 0 Å². The smallest absolute Gasteiger partial charge is 0.380 e. The quantitative estimate of drug-likeness (QED) is 0.449. The Kier molecular flexibility index (Phi) is 4.96. The van der Waals surface area contributed by atoms with Crippen LogP contribution in [0.5, 0.6) is 0 Å². The number of fused-ring (bicyclic) bond motifs is 5. The van der Waals surface area contributed by atoms with E-state index < -0.39 is 21.0 Å². The van der Waals surface area contributed by atoms with Gasteiger partial charge in [-0.2, -0.15) is 21.6 Å². The van der Waals surface area contributed by atoms with E-state index in [2.05, 4.69) is 18.0 Å². The lowest BCUT2D eigenvalue weighted by Gasteiger charge is -2.56. The number of carbonyl (C=O) groups is 1. The first-order valence-corrected chi connectivity index (χ1v) is 12.0. The van der Waals surface area contributed by atoms with Crippen LogP contribution in [0.2, 0.25) is 0 Å². The minimum Gasteiger partial charge on any atom is -0.380 e. The summed E-state index contributed by atoms with van der Waals surface area (Å²) in [7, 11) is -3.91. The van der Waals surface area contributed by atoms with E-state index in [9.17, 15) is 26.4 Å². The Hall–Kier alpha value is -1.77. The predicted molar refractivity (Wildman–Crippen MR) is 109 cm³/mol. The average molecular weight is 460 g/mol. The third kappa shape index (κ3) is 3.26. The van der Waals surface area contributed by atoms with Crippen molar-refractivity contribution in [2.75, 3.05) is 13.6 Å². The molecule has 0 N–H and O–H groups in total. The highest BCUT2D eigenvalue weighted by atomic mass is 32.2. The van der Waals surface area contributed by atoms with E-state index in [-0.39, 0.29) is 34.8 Å². The second kappa shape index (κ2) is 6.86. The molecule has 2 fully saturated rings. The summed E-state index contributed by atoms with van der Waals surface area (Å²) in [5.74, 6) is 0.349. The molecule has 5 atom stereocenters. The largest absolute Gasteiger partial charge is 0.534 e. The topological polar surface area (TPSA) is 63.7 Å². The summed E-state index contributed by atoms with van der Waals surface area (Å²) in [6, 6.07) is 0. The number of amides is 1. The summed E-state index contributed by atoms with van der Waals surface area (Å²) in [4.78, 5) is 14.2. The number of nitrogens with zero attached hydrogens (tertiary/aromatic N) is 1. The molecule has 4 aliphatic rings. The van der Waals surface area contributed by atoms with Crippen LogP contribution in [-0.4, -0.2) is 38.3 Å². The number of hydrogen-bond acceptors (Lipinski definition) is 4. The molecule has 172 valence electrons. The molecule has 0 bridgehead atoms. The van der Waals surface area contributed by atoms with Crippen LogP contribution in [0, 0.1) is 28.6 Å². The molecule has 1 heterocycles. The first kappa shape index (κ1) is 22.4. The minimum absolute atomic E-state index is 0.0134. The molecule has 0 radical (unpaired) electrons. The van der Waals surface area contributed by atoms with Crippen molar-refractivity contribution in [3.05, 3.63) is 35.1 Å². The molecule has 0 saturated heterocycles. The third-order valence-electron chi connectivity index (χ3n) is 8.16. The lowest BCUT2D eigenvalue weighted by Crippen LogP contribution is -2.48. The van der Waals surface area contributed by atoms with Crippen molar-refractivity contribution < 1.29 is 30.6 Å². The molecular formula is C22H28F3NO4S. The van der Waals surface area contributed by atoms with Gasteiger partial charge in [-0.15, -0.1) is 0 Å². The Bertz CT molecular complexity index is 1010. The molecule has 9 heteroatoms.